The van der Waals surface area contributed by atoms with Gasteiger partial charge in [-0.25, -0.2) is 0 Å². The molecule has 4 aliphatic carbocycles. The lowest BCUT2D eigenvalue weighted by molar-refractivity contribution is -0.175. The first-order valence-electron chi connectivity index (χ1n) is 10.6. The molecule has 0 heterocycles. The summed E-state index contributed by atoms with van der Waals surface area (Å²) in [5.74, 6) is 3.06. The molecule has 0 radical (unpaired) electrons. The summed E-state index contributed by atoms with van der Waals surface area (Å²) in [6.07, 6.45) is 11.2. The third-order valence-electron chi connectivity index (χ3n) is 9.43. The lowest BCUT2D eigenvalue weighted by Crippen LogP contribution is -2.59. The molecule has 3 heteroatoms. The smallest absolute Gasteiger partial charge is 0.136 e. The normalized spacial score (nSPS) is 52.2. The van der Waals surface area contributed by atoms with Gasteiger partial charge < -0.3 is 9.84 Å². The number of ketones is 1. The van der Waals surface area contributed by atoms with Gasteiger partial charge in [-0.3, -0.25) is 4.79 Å². The Balaban J connectivity index is 1.72. The number of aliphatic hydroxyl groups is 1. The summed E-state index contributed by atoms with van der Waals surface area (Å²) in [7, 11) is 1.90. The Labute approximate surface area is 152 Å². The fraction of sp³-hybridized carbons (Fsp3) is 0.955. The lowest BCUT2D eigenvalue weighted by atomic mass is 9.43. The molecule has 0 bridgehead atoms. The summed E-state index contributed by atoms with van der Waals surface area (Å²) in [4.78, 5) is 12.8. The van der Waals surface area contributed by atoms with Crippen molar-refractivity contribution in [3.8, 4) is 0 Å². The van der Waals surface area contributed by atoms with Gasteiger partial charge in [0, 0.05) is 19.1 Å². The number of methoxy groups -OCH3 is 1. The second kappa shape index (κ2) is 6.34. The van der Waals surface area contributed by atoms with Crippen molar-refractivity contribution in [2.45, 2.75) is 77.7 Å². The first-order chi connectivity index (χ1) is 12.0. The first-order valence-corrected chi connectivity index (χ1v) is 10.6. The van der Waals surface area contributed by atoms with Gasteiger partial charge in [0.25, 0.3) is 0 Å². The van der Waals surface area contributed by atoms with Crippen LogP contribution in [-0.4, -0.2) is 30.7 Å². The number of hydrogen-bond donors (Lipinski definition) is 1. The second-order valence-electron chi connectivity index (χ2n) is 9.84. The molecule has 142 valence electrons. The van der Waals surface area contributed by atoms with E-state index in [4.69, 9.17) is 4.74 Å². The van der Waals surface area contributed by atoms with Crippen LogP contribution in [0.1, 0.15) is 71.6 Å². The third kappa shape index (κ3) is 2.34. The van der Waals surface area contributed by atoms with Crippen molar-refractivity contribution in [1.82, 2.24) is 0 Å². The monoisotopic (exact) mass is 348 g/mol. The van der Waals surface area contributed by atoms with E-state index in [-0.39, 0.29) is 17.9 Å². The van der Waals surface area contributed by atoms with Gasteiger partial charge in [-0.05, 0) is 86.9 Å². The van der Waals surface area contributed by atoms with Gasteiger partial charge in [0.05, 0.1) is 6.10 Å². The Hall–Kier alpha value is -0.410. The zero-order valence-electron chi connectivity index (χ0n) is 16.3. The average Bonchev–Trinajstić information content (AvgIpc) is 3.00. The van der Waals surface area contributed by atoms with Crippen molar-refractivity contribution in [3.63, 3.8) is 0 Å². The number of rotatable bonds is 3. The van der Waals surface area contributed by atoms with E-state index in [1.54, 1.807) is 6.92 Å². The molecule has 0 aromatic rings. The molecule has 0 spiro atoms. The van der Waals surface area contributed by atoms with Crippen LogP contribution in [0, 0.1) is 40.4 Å². The molecule has 3 nitrogen and oxygen atoms in total. The quantitative estimate of drug-likeness (QED) is 0.830. The zero-order chi connectivity index (χ0) is 17.8. The largest absolute Gasteiger partial charge is 0.396 e. The molecule has 4 saturated carbocycles. The fourth-order valence-electron chi connectivity index (χ4n) is 8.35. The molecule has 0 amide bonds. The van der Waals surface area contributed by atoms with E-state index in [1.165, 1.54) is 32.1 Å². The number of carbonyl (C=O) groups is 1. The number of Topliss-reactive ketones (excluding diaryl/α,β-unsaturated/α-hetero) is 1. The zero-order valence-corrected chi connectivity index (χ0v) is 16.3. The molecule has 0 aromatic carbocycles. The maximum Gasteiger partial charge on any atom is 0.136 e. The number of hydrogen-bond acceptors (Lipinski definition) is 3. The van der Waals surface area contributed by atoms with Crippen LogP contribution in [-0.2, 0) is 9.53 Å². The van der Waals surface area contributed by atoms with Gasteiger partial charge in [0.1, 0.15) is 5.78 Å². The van der Waals surface area contributed by atoms with Crippen LogP contribution in [0.15, 0.2) is 0 Å². The van der Waals surface area contributed by atoms with Crippen LogP contribution in [0.3, 0.4) is 0 Å². The SMILES string of the molecule is CO[C@@H]1C[C@@H]2[C@H](CC[C@]3(C(C)=O)[C@@H](CO)CC[C@@H]23)[C@@]2(C)CCCC[C@H]12. The molecule has 0 saturated heterocycles. The summed E-state index contributed by atoms with van der Waals surface area (Å²) in [6.45, 7) is 4.52. The maximum atomic E-state index is 12.8. The van der Waals surface area contributed by atoms with E-state index in [2.05, 4.69) is 6.92 Å². The number of carbonyl (C=O) groups excluding carboxylic acids is 1. The second-order valence-corrected chi connectivity index (χ2v) is 9.84. The molecule has 25 heavy (non-hydrogen) atoms. The Morgan fingerprint density at radius 3 is 2.56 bits per heavy atom. The molecule has 4 aliphatic rings. The molecule has 0 aromatic heterocycles. The van der Waals surface area contributed by atoms with Gasteiger partial charge in [0.2, 0.25) is 0 Å². The van der Waals surface area contributed by atoms with Gasteiger partial charge in [0.15, 0.2) is 0 Å². The molecule has 4 rings (SSSR count). The van der Waals surface area contributed by atoms with E-state index in [0.717, 1.165) is 31.6 Å². The number of ether oxygens (including phenoxy) is 1. The van der Waals surface area contributed by atoms with Gasteiger partial charge in [-0.15, -0.1) is 0 Å². The highest BCUT2D eigenvalue weighted by Gasteiger charge is 2.64. The van der Waals surface area contributed by atoms with E-state index in [0.29, 0.717) is 35.1 Å². The molecule has 4 fully saturated rings. The maximum absolute atomic E-state index is 12.8. The highest BCUT2D eigenvalue weighted by Crippen LogP contribution is 2.67. The summed E-state index contributed by atoms with van der Waals surface area (Å²) >= 11 is 0. The van der Waals surface area contributed by atoms with Crippen LogP contribution in [0.4, 0.5) is 0 Å². The van der Waals surface area contributed by atoms with Crippen molar-refractivity contribution in [2.24, 2.45) is 40.4 Å². The van der Waals surface area contributed by atoms with Crippen LogP contribution in [0.5, 0.6) is 0 Å². The van der Waals surface area contributed by atoms with Crippen molar-refractivity contribution in [2.75, 3.05) is 13.7 Å². The predicted molar refractivity (Wildman–Crippen MR) is 98.1 cm³/mol. The topological polar surface area (TPSA) is 46.5 Å². The van der Waals surface area contributed by atoms with Crippen LogP contribution in [0.2, 0.25) is 0 Å². The number of aliphatic hydroxyl groups excluding tert-OH is 1. The van der Waals surface area contributed by atoms with Crippen molar-refractivity contribution in [1.29, 1.82) is 0 Å². The highest BCUT2D eigenvalue weighted by molar-refractivity contribution is 5.83. The Kier molecular flexibility index (Phi) is 4.56. The minimum Gasteiger partial charge on any atom is -0.396 e. The fourth-order valence-corrected chi connectivity index (χ4v) is 8.35. The predicted octanol–water partition coefficient (Wildman–Crippen LogP) is 4.22. The summed E-state index contributed by atoms with van der Waals surface area (Å²) < 4.78 is 6.04. The minimum atomic E-state index is -0.244. The van der Waals surface area contributed by atoms with Gasteiger partial charge >= 0.3 is 0 Å². The van der Waals surface area contributed by atoms with E-state index in [1.807, 2.05) is 7.11 Å². The Bertz CT molecular complexity index is 531. The first kappa shape index (κ1) is 18.0. The summed E-state index contributed by atoms with van der Waals surface area (Å²) in [5, 5.41) is 9.97. The summed E-state index contributed by atoms with van der Waals surface area (Å²) in [5.41, 5.74) is 0.147. The number of fused-ring (bicyclic) bond motifs is 5. The van der Waals surface area contributed by atoms with Gasteiger partial charge in [-0.1, -0.05) is 19.8 Å². The standard InChI is InChI=1S/C22H36O3/c1-14(24)22-11-9-17-16(18(22)8-7-15(22)13-23)12-20(25-3)19-6-4-5-10-21(17,19)2/h15-20,23H,4-13H2,1-3H3/t15-,16-,17+,18+,19-,20-,21-,22+/m1/s1. The molecule has 0 unspecified atom stereocenters. The highest BCUT2D eigenvalue weighted by atomic mass is 16.5. The lowest BCUT2D eigenvalue weighted by Gasteiger charge is -2.62. The average molecular weight is 349 g/mol. The van der Waals surface area contributed by atoms with Crippen LogP contribution >= 0.6 is 0 Å². The van der Waals surface area contributed by atoms with E-state index >= 15 is 0 Å². The summed E-state index contributed by atoms with van der Waals surface area (Å²) in [6, 6.07) is 0. The molecule has 8 atom stereocenters. The van der Waals surface area contributed by atoms with Crippen LogP contribution < -0.4 is 0 Å². The van der Waals surface area contributed by atoms with Crippen molar-refractivity contribution >= 4 is 5.78 Å². The van der Waals surface area contributed by atoms with E-state index in [9.17, 15) is 9.90 Å². The molecular formula is C22H36O3. The molecule has 1 N–H and O–H groups in total. The Morgan fingerprint density at radius 1 is 1.08 bits per heavy atom. The molecule has 0 aliphatic heterocycles. The minimum absolute atomic E-state index is 0.182. The van der Waals surface area contributed by atoms with Crippen LogP contribution in [0.25, 0.3) is 0 Å². The van der Waals surface area contributed by atoms with Gasteiger partial charge in [-0.2, -0.15) is 0 Å². The Morgan fingerprint density at radius 2 is 1.88 bits per heavy atom. The van der Waals surface area contributed by atoms with Crippen molar-refractivity contribution < 1.29 is 14.6 Å². The van der Waals surface area contributed by atoms with Crippen molar-refractivity contribution in [3.05, 3.63) is 0 Å². The van der Waals surface area contributed by atoms with E-state index < -0.39 is 0 Å². The molecular weight excluding hydrogens is 312 g/mol. The third-order valence-corrected chi connectivity index (χ3v) is 9.43.